The molecule has 90 valence electrons. The van der Waals surface area contributed by atoms with Gasteiger partial charge in [0.1, 0.15) is 0 Å². The highest BCUT2D eigenvalue weighted by Crippen LogP contribution is 2.25. The number of aryl methyl sites for hydroxylation is 2. The predicted octanol–water partition coefficient (Wildman–Crippen LogP) is -0.216. The number of H-pyrrole nitrogens is 2. The molecule has 17 heavy (non-hydrogen) atoms. The number of nitrogens with one attached hydrogen (secondary N) is 2. The monoisotopic (exact) mass is 234 g/mol. The molecule has 0 unspecified atom stereocenters. The van der Waals surface area contributed by atoms with Crippen molar-refractivity contribution in [3.63, 3.8) is 0 Å². The average Bonchev–Trinajstić information content (AvgIpc) is 2.87. The standard InChI is InChI=1S/C10H14N6O/c1-15-10(17)12-9(14-15)6-16-4-2-3-7-8(16)5-11-13-7/h5H,2-4,6H2,1H3,(H,11,13)(H,12,14,17). The van der Waals surface area contributed by atoms with Crippen LogP contribution < -0.4 is 10.6 Å². The molecule has 7 nitrogen and oxygen atoms in total. The minimum absolute atomic E-state index is 0.176. The van der Waals surface area contributed by atoms with E-state index in [0.29, 0.717) is 12.4 Å². The maximum absolute atomic E-state index is 11.3. The van der Waals surface area contributed by atoms with Crippen LogP contribution in [0.25, 0.3) is 0 Å². The first-order chi connectivity index (χ1) is 8.24. The van der Waals surface area contributed by atoms with Gasteiger partial charge in [-0.3, -0.25) is 10.1 Å². The Morgan fingerprint density at radius 3 is 3.18 bits per heavy atom. The molecule has 0 bridgehead atoms. The molecule has 0 aromatic carbocycles. The SMILES string of the molecule is Cn1nc(CN2CCCc3[nH]ncc32)[nH]c1=O. The third-order valence-corrected chi connectivity index (χ3v) is 3.05. The molecule has 0 atom stereocenters. The molecule has 0 radical (unpaired) electrons. The van der Waals surface area contributed by atoms with Crippen LogP contribution in [0.3, 0.4) is 0 Å². The van der Waals surface area contributed by atoms with Crippen LogP contribution in [-0.4, -0.2) is 31.5 Å². The Hall–Kier alpha value is -2.05. The van der Waals surface area contributed by atoms with Crippen molar-refractivity contribution in [2.24, 2.45) is 7.05 Å². The highest BCUT2D eigenvalue weighted by molar-refractivity contribution is 5.50. The molecular weight excluding hydrogens is 220 g/mol. The fourth-order valence-corrected chi connectivity index (χ4v) is 2.20. The zero-order valence-electron chi connectivity index (χ0n) is 9.60. The van der Waals surface area contributed by atoms with Gasteiger partial charge in [0, 0.05) is 13.6 Å². The van der Waals surface area contributed by atoms with Crippen molar-refractivity contribution in [1.29, 1.82) is 0 Å². The van der Waals surface area contributed by atoms with E-state index in [2.05, 4.69) is 25.2 Å². The number of aromatic amines is 2. The van der Waals surface area contributed by atoms with E-state index in [1.54, 1.807) is 7.05 Å². The van der Waals surface area contributed by atoms with Gasteiger partial charge < -0.3 is 4.90 Å². The highest BCUT2D eigenvalue weighted by Gasteiger charge is 2.19. The second kappa shape index (κ2) is 3.76. The van der Waals surface area contributed by atoms with Gasteiger partial charge in [-0.1, -0.05) is 0 Å². The average molecular weight is 234 g/mol. The maximum atomic E-state index is 11.3. The van der Waals surface area contributed by atoms with Gasteiger partial charge in [-0.25, -0.2) is 9.48 Å². The van der Waals surface area contributed by atoms with E-state index >= 15 is 0 Å². The lowest BCUT2D eigenvalue weighted by Crippen LogP contribution is -2.28. The van der Waals surface area contributed by atoms with Crippen LogP contribution in [0.15, 0.2) is 11.0 Å². The number of rotatable bonds is 2. The van der Waals surface area contributed by atoms with Gasteiger partial charge in [0.25, 0.3) is 0 Å². The van der Waals surface area contributed by atoms with Crippen molar-refractivity contribution in [2.75, 3.05) is 11.4 Å². The molecule has 2 aromatic rings. The topological polar surface area (TPSA) is 82.6 Å². The summed E-state index contributed by atoms with van der Waals surface area (Å²) in [6.45, 7) is 1.58. The first-order valence-electron chi connectivity index (χ1n) is 5.63. The Labute approximate surface area is 97.5 Å². The van der Waals surface area contributed by atoms with Gasteiger partial charge in [0.05, 0.1) is 24.1 Å². The quantitative estimate of drug-likeness (QED) is 0.753. The van der Waals surface area contributed by atoms with Crippen molar-refractivity contribution >= 4 is 5.69 Å². The van der Waals surface area contributed by atoms with Crippen molar-refractivity contribution in [1.82, 2.24) is 25.0 Å². The van der Waals surface area contributed by atoms with Crippen LogP contribution >= 0.6 is 0 Å². The van der Waals surface area contributed by atoms with Crippen molar-refractivity contribution < 1.29 is 0 Å². The van der Waals surface area contributed by atoms with Crippen LogP contribution in [0.4, 0.5) is 5.69 Å². The molecule has 2 N–H and O–H groups in total. The number of hydrogen-bond donors (Lipinski definition) is 2. The zero-order chi connectivity index (χ0) is 11.8. The molecular formula is C10H14N6O. The molecule has 0 amide bonds. The summed E-state index contributed by atoms with van der Waals surface area (Å²) in [7, 11) is 1.64. The molecule has 3 rings (SSSR count). The summed E-state index contributed by atoms with van der Waals surface area (Å²) in [5.41, 5.74) is 2.10. The minimum atomic E-state index is -0.176. The molecule has 0 saturated heterocycles. The Bertz CT molecular complexity index is 580. The first kappa shape index (κ1) is 10.1. The molecule has 3 heterocycles. The van der Waals surface area contributed by atoms with Crippen LogP contribution in [-0.2, 0) is 20.0 Å². The van der Waals surface area contributed by atoms with E-state index in [1.807, 2.05) is 6.20 Å². The van der Waals surface area contributed by atoms with Crippen molar-refractivity contribution in [3.05, 3.63) is 28.2 Å². The molecule has 0 fully saturated rings. The van der Waals surface area contributed by atoms with Gasteiger partial charge in [-0.15, -0.1) is 0 Å². The van der Waals surface area contributed by atoms with Crippen LogP contribution in [0, 0.1) is 0 Å². The van der Waals surface area contributed by atoms with Crippen molar-refractivity contribution in [3.8, 4) is 0 Å². The Kier molecular flexibility index (Phi) is 2.24. The summed E-state index contributed by atoms with van der Waals surface area (Å²) < 4.78 is 1.32. The first-order valence-corrected chi connectivity index (χ1v) is 5.63. The summed E-state index contributed by atoms with van der Waals surface area (Å²) in [5, 5.41) is 11.2. The smallest absolute Gasteiger partial charge is 0.343 e. The third-order valence-electron chi connectivity index (χ3n) is 3.05. The third kappa shape index (κ3) is 1.73. The van der Waals surface area contributed by atoms with Gasteiger partial charge in [-0.2, -0.15) is 10.2 Å². The molecule has 0 saturated carbocycles. The Balaban J connectivity index is 1.86. The van der Waals surface area contributed by atoms with E-state index in [-0.39, 0.29) is 5.69 Å². The van der Waals surface area contributed by atoms with Crippen molar-refractivity contribution in [2.45, 2.75) is 19.4 Å². The molecule has 0 spiro atoms. The highest BCUT2D eigenvalue weighted by atomic mass is 16.1. The van der Waals surface area contributed by atoms with Gasteiger partial charge in [0.15, 0.2) is 5.82 Å². The summed E-state index contributed by atoms with van der Waals surface area (Å²) in [6.07, 6.45) is 3.95. The molecule has 0 aliphatic carbocycles. The number of nitrogens with zero attached hydrogens (tertiary/aromatic N) is 4. The second-order valence-corrected chi connectivity index (χ2v) is 4.26. The summed E-state index contributed by atoms with van der Waals surface area (Å²) in [4.78, 5) is 16.2. The number of aromatic nitrogens is 5. The van der Waals surface area contributed by atoms with Gasteiger partial charge in [0.2, 0.25) is 0 Å². The van der Waals surface area contributed by atoms with Crippen LogP contribution in [0.1, 0.15) is 17.9 Å². The predicted molar refractivity (Wildman–Crippen MR) is 61.8 cm³/mol. The van der Waals surface area contributed by atoms with E-state index in [1.165, 1.54) is 4.68 Å². The van der Waals surface area contributed by atoms with E-state index in [0.717, 1.165) is 30.8 Å². The fraction of sp³-hybridized carbons (Fsp3) is 0.500. The summed E-state index contributed by atoms with van der Waals surface area (Å²) in [5.74, 6) is 0.687. The Morgan fingerprint density at radius 2 is 2.41 bits per heavy atom. The summed E-state index contributed by atoms with van der Waals surface area (Å²) in [6, 6.07) is 0. The van der Waals surface area contributed by atoms with Crippen LogP contribution in [0.2, 0.25) is 0 Å². The van der Waals surface area contributed by atoms with Crippen LogP contribution in [0.5, 0.6) is 0 Å². The van der Waals surface area contributed by atoms with Gasteiger partial charge in [-0.05, 0) is 12.8 Å². The number of hydrogen-bond acceptors (Lipinski definition) is 4. The van der Waals surface area contributed by atoms with Gasteiger partial charge >= 0.3 is 5.69 Å². The molecule has 1 aliphatic rings. The lowest BCUT2D eigenvalue weighted by molar-refractivity contribution is 0.657. The number of anilines is 1. The lowest BCUT2D eigenvalue weighted by Gasteiger charge is -2.27. The zero-order valence-corrected chi connectivity index (χ0v) is 9.60. The molecule has 7 heteroatoms. The fourth-order valence-electron chi connectivity index (χ4n) is 2.20. The maximum Gasteiger partial charge on any atom is 0.343 e. The molecule has 1 aliphatic heterocycles. The van der Waals surface area contributed by atoms with E-state index in [9.17, 15) is 4.79 Å². The molecule has 2 aromatic heterocycles. The normalized spacial score (nSPS) is 15.0. The van der Waals surface area contributed by atoms with E-state index in [4.69, 9.17) is 0 Å². The Morgan fingerprint density at radius 1 is 1.53 bits per heavy atom. The van der Waals surface area contributed by atoms with E-state index < -0.39 is 0 Å². The second-order valence-electron chi connectivity index (χ2n) is 4.26. The largest absolute Gasteiger partial charge is 0.361 e. The summed E-state index contributed by atoms with van der Waals surface area (Å²) >= 11 is 0. The lowest BCUT2D eigenvalue weighted by atomic mass is 10.1. The minimum Gasteiger partial charge on any atom is -0.361 e. The number of fused-ring (bicyclic) bond motifs is 1.